The van der Waals surface area contributed by atoms with Gasteiger partial charge in [0, 0.05) is 23.3 Å². The number of morpholine rings is 1. The zero-order valence-electron chi connectivity index (χ0n) is 13.5. The van der Waals surface area contributed by atoms with Crippen LogP contribution in [0.25, 0.3) is 0 Å². The number of rotatable bonds is 5. The quantitative estimate of drug-likeness (QED) is 0.889. The summed E-state index contributed by atoms with van der Waals surface area (Å²) >= 11 is 6.51. The number of anilines is 1. The summed E-state index contributed by atoms with van der Waals surface area (Å²) in [5, 5.41) is 4.25. The Hall–Kier alpha value is -0.770. The first-order valence-corrected chi connectivity index (χ1v) is 8.35. The third kappa shape index (κ3) is 3.91. The van der Waals surface area contributed by atoms with E-state index in [4.69, 9.17) is 16.3 Å². The summed E-state index contributed by atoms with van der Waals surface area (Å²) in [6, 6.07) is 7.16. The molecule has 1 aromatic rings. The number of nitrogens with one attached hydrogen (secondary N) is 1. The summed E-state index contributed by atoms with van der Waals surface area (Å²) in [6.07, 6.45) is 1.35. The van der Waals surface area contributed by atoms with Crippen LogP contribution in [0.5, 0.6) is 0 Å². The second kappa shape index (κ2) is 7.48. The van der Waals surface area contributed by atoms with Gasteiger partial charge in [0.2, 0.25) is 0 Å². The number of nitrogens with zero attached hydrogens (tertiary/aromatic N) is 1. The molecule has 0 amide bonds. The van der Waals surface area contributed by atoms with Gasteiger partial charge in [-0.15, -0.1) is 0 Å². The molecule has 3 nitrogen and oxygen atoms in total. The van der Waals surface area contributed by atoms with Crippen molar-refractivity contribution >= 4 is 17.3 Å². The van der Waals surface area contributed by atoms with Crippen LogP contribution < -0.4 is 10.2 Å². The van der Waals surface area contributed by atoms with Crippen molar-refractivity contribution in [1.29, 1.82) is 0 Å². The molecule has 1 heterocycles. The van der Waals surface area contributed by atoms with Gasteiger partial charge in [-0.3, -0.25) is 0 Å². The number of benzene rings is 1. The van der Waals surface area contributed by atoms with E-state index < -0.39 is 0 Å². The molecule has 118 valence electrons. The lowest BCUT2D eigenvalue weighted by atomic mass is 10.1. The van der Waals surface area contributed by atoms with E-state index in [0.29, 0.717) is 6.04 Å². The van der Waals surface area contributed by atoms with Crippen LogP contribution in [0.1, 0.15) is 45.7 Å². The van der Waals surface area contributed by atoms with Crippen LogP contribution in [-0.2, 0) is 4.74 Å². The summed E-state index contributed by atoms with van der Waals surface area (Å²) in [6.45, 7) is 11.3. The van der Waals surface area contributed by atoms with E-state index >= 15 is 0 Å². The number of hydrogen-bond donors (Lipinski definition) is 1. The third-order valence-corrected chi connectivity index (χ3v) is 4.56. The first-order valence-electron chi connectivity index (χ1n) is 7.97. The van der Waals surface area contributed by atoms with Crippen LogP contribution >= 0.6 is 11.6 Å². The molecule has 21 heavy (non-hydrogen) atoms. The molecule has 2 rings (SSSR count). The Labute approximate surface area is 133 Å². The second-order valence-corrected chi connectivity index (χ2v) is 6.25. The van der Waals surface area contributed by atoms with Crippen molar-refractivity contribution in [3.8, 4) is 0 Å². The smallest absolute Gasteiger partial charge is 0.0723 e. The zero-order chi connectivity index (χ0) is 15.4. The summed E-state index contributed by atoms with van der Waals surface area (Å²) in [4.78, 5) is 2.43. The highest BCUT2D eigenvalue weighted by molar-refractivity contribution is 6.31. The second-order valence-electron chi connectivity index (χ2n) is 5.84. The van der Waals surface area contributed by atoms with Crippen LogP contribution in [0.4, 0.5) is 5.69 Å². The van der Waals surface area contributed by atoms with Gasteiger partial charge in [-0.25, -0.2) is 0 Å². The normalized spacial score (nSPS) is 24.1. The highest BCUT2D eigenvalue weighted by atomic mass is 35.5. The Morgan fingerprint density at radius 1 is 1.43 bits per heavy atom. The SMILES string of the molecule is CCNC(C)c1ccc(N2CC(C)OCC2CC)cc1Cl. The molecule has 0 bridgehead atoms. The van der Waals surface area contributed by atoms with Crippen molar-refractivity contribution < 1.29 is 4.74 Å². The largest absolute Gasteiger partial charge is 0.375 e. The maximum Gasteiger partial charge on any atom is 0.0723 e. The summed E-state index contributed by atoms with van der Waals surface area (Å²) in [5.74, 6) is 0. The van der Waals surface area contributed by atoms with Crippen molar-refractivity contribution in [2.75, 3.05) is 24.6 Å². The van der Waals surface area contributed by atoms with E-state index in [1.54, 1.807) is 0 Å². The van der Waals surface area contributed by atoms with E-state index in [1.165, 1.54) is 5.69 Å². The molecule has 3 unspecified atom stereocenters. The predicted octanol–water partition coefficient (Wildman–Crippen LogP) is 4.01. The molecule has 4 heteroatoms. The zero-order valence-corrected chi connectivity index (χ0v) is 14.3. The summed E-state index contributed by atoms with van der Waals surface area (Å²) < 4.78 is 5.77. The van der Waals surface area contributed by atoms with Crippen LogP contribution in [-0.4, -0.2) is 31.8 Å². The lowest BCUT2D eigenvalue weighted by Crippen LogP contribution is -2.48. The maximum atomic E-state index is 6.51. The fraction of sp³-hybridized carbons (Fsp3) is 0.647. The Balaban J connectivity index is 2.21. The van der Waals surface area contributed by atoms with Gasteiger partial charge in [-0.05, 0) is 44.5 Å². The number of hydrogen-bond acceptors (Lipinski definition) is 3. The van der Waals surface area contributed by atoms with Crippen molar-refractivity contribution in [3.05, 3.63) is 28.8 Å². The average molecular weight is 311 g/mol. The van der Waals surface area contributed by atoms with Gasteiger partial charge in [0.15, 0.2) is 0 Å². The molecule has 0 spiro atoms. The highest BCUT2D eigenvalue weighted by Gasteiger charge is 2.26. The van der Waals surface area contributed by atoms with Gasteiger partial charge in [-0.2, -0.15) is 0 Å². The van der Waals surface area contributed by atoms with Gasteiger partial charge < -0.3 is 15.0 Å². The molecule has 1 fully saturated rings. The van der Waals surface area contributed by atoms with Crippen molar-refractivity contribution in [3.63, 3.8) is 0 Å². The number of halogens is 1. The van der Waals surface area contributed by atoms with Crippen LogP contribution in [0.15, 0.2) is 18.2 Å². The molecule has 0 aromatic heterocycles. The average Bonchev–Trinajstić information content (AvgIpc) is 2.47. The van der Waals surface area contributed by atoms with Crippen molar-refractivity contribution in [2.24, 2.45) is 0 Å². The van der Waals surface area contributed by atoms with Gasteiger partial charge in [0.05, 0.1) is 18.8 Å². The molecule has 3 atom stereocenters. The third-order valence-electron chi connectivity index (χ3n) is 4.23. The predicted molar refractivity (Wildman–Crippen MR) is 90.4 cm³/mol. The lowest BCUT2D eigenvalue weighted by Gasteiger charge is -2.40. The molecule has 0 radical (unpaired) electrons. The van der Waals surface area contributed by atoms with Crippen LogP contribution in [0.3, 0.4) is 0 Å². The van der Waals surface area contributed by atoms with Crippen molar-refractivity contribution in [2.45, 2.75) is 52.3 Å². The summed E-state index contributed by atoms with van der Waals surface area (Å²) in [5.41, 5.74) is 2.37. The van der Waals surface area contributed by atoms with E-state index in [0.717, 1.165) is 36.7 Å². The molecule has 1 aliphatic rings. The van der Waals surface area contributed by atoms with Gasteiger partial charge in [-0.1, -0.05) is 31.5 Å². The maximum absolute atomic E-state index is 6.51. The molecule has 1 aliphatic heterocycles. The minimum atomic E-state index is 0.270. The van der Waals surface area contributed by atoms with E-state index in [9.17, 15) is 0 Å². The van der Waals surface area contributed by atoms with Crippen molar-refractivity contribution in [1.82, 2.24) is 5.32 Å². The molecule has 0 aliphatic carbocycles. The lowest BCUT2D eigenvalue weighted by molar-refractivity contribution is 0.0299. The molecular weight excluding hydrogens is 284 g/mol. The molecule has 1 saturated heterocycles. The Bertz CT molecular complexity index is 466. The molecule has 0 saturated carbocycles. The monoisotopic (exact) mass is 310 g/mol. The van der Waals surface area contributed by atoms with E-state index in [-0.39, 0.29) is 12.1 Å². The fourth-order valence-electron chi connectivity index (χ4n) is 2.96. The minimum absolute atomic E-state index is 0.270. The molecule has 1 aromatic carbocycles. The fourth-order valence-corrected chi connectivity index (χ4v) is 3.30. The standard InChI is InChI=1S/C17H27ClN2O/c1-5-14-11-21-12(3)10-20(14)15-7-8-16(17(18)9-15)13(4)19-6-2/h7-9,12-14,19H,5-6,10-11H2,1-4H3. The first kappa shape index (κ1) is 16.6. The molecular formula is C17H27ClN2O. The molecule has 1 N–H and O–H groups in total. The van der Waals surface area contributed by atoms with Gasteiger partial charge in [0.25, 0.3) is 0 Å². The Morgan fingerprint density at radius 2 is 2.19 bits per heavy atom. The topological polar surface area (TPSA) is 24.5 Å². The van der Waals surface area contributed by atoms with Gasteiger partial charge in [0.1, 0.15) is 0 Å². The van der Waals surface area contributed by atoms with Gasteiger partial charge >= 0.3 is 0 Å². The Morgan fingerprint density at radius 3 is 2.81 bits per heavy atom. The van der Waals surface area contributed by atoms with Crippen LogP contribution in [0, 0.1) is 0 Å². The number of ether oxygens (including phenoxy) is 1. The Kier molecular flexibility index (Phi) is 5.91. The first-order chi connectivity index (χ1) is 10.1. The van der Waals surface area contributed by atoms with E-state index in [2.05, 4.69) is 56.1 Å². The van der Waals surface area contributed by atoms with Crippen LogP contribution in [0.2, 0.25) is 5.02 Å². The van der Waals surface area contributed by atoms with E-state index in [1.807, 2.05) is 0 Å². The highest BCUT2D eigenvalue weighted by Crippen LogP contribution is 2.30. The summed E-state index contributed by atoms with van der Waals surface area (Å²) in [7, 11) is 0. The minimum Gasteiger partial charge on any atom is -0.375 e.